The third-order valence-corrected chi connectivity index (χ3v) is 2.61. The first-order valence-electron chi connectivity index (χ1n) is 5.63. The number of carbonyl (C=O) groups excluding carboxylic acids is 1. The van der Waals surface area contributed by atoms with Gasteiger partial charge in [-0.2, -0.15) is 0 Å². The Kier molecular flexibility index (Phi) is 4.11. The smallest absolute Gasteiger partial charge is 0.230 e. The van der Waals surface area contributed by atoms with E-state index in [1.807, 2.05) is 0 Å². The fourth-order valence-electron chi connectivity index (χ4n) is 1.50. The standard InChI is InChI=1S/C13H10F2N2O3/c14-9-2-1-7(3-10(9)15)12(20)13-16-4-8(5-17-13)11(19)6-18/h1-5,11,18-19H,6H2. The van der Waals surface area contributed by atoms with Gasteiger partial charge in [0.15, 0.2) is 11.6 Å². The summed E-state index contributed by atoms with van der Waals surface area (Å²) >= 11 is 0. The van der Waals surface area contributed by atoms with Crippen molar-refractivity contribution in [1.29, 1.82) is 0 Å². The molecule has 0 spiro atoms. The zero-order valence-electron chi connectivity index (χ0n) is 10.1. The second-order valence-electron chi connectivity index (χ2n) is 4.00. The second kappa shape index (κ2) is 5.81. The van der Waals surface area contributed by atoms with Gasteiger partial charge >= 0.3 is 0 Å². The van der Waals surface area contributed by atoms with E-state index in [-0.39, 0.29) is 17.0 Å². The Bertz CT molecular complexity index is 632. The Morgan fingerprint density at radius 1 is 1.20 bits per heavy atom. The van der Waals surface area contributed by atoms with E-state index in [1.165, 1.54) is 12.4 Å². The summed E-state index contributed by atoms with van der Waals surface area (Å²) in [5.74, 6) is -3.08. The summed E-state index contributed by atoms with van der Waals surface area (Å²) in [4.78, 5) is 19.4. The number of hydrogen-bond donors (Lipinski definition) is 2. The van der Waals surface area contributed by atoms with Crippen molar-refractivity contribution >= 4 is 5.78 Å². The van der Waals surface area contributed by atoms with Crippen molar-refractivity contribution in [3.8, 4) is 0 Å². The normalized spacial score (nSPS) is 12.2. The Morgan fingerprint density at radius 3 is 2.40 bits per heavy atom. The van der Waals surface area contributed by atoms with E-state index >= 15 is 0 Å². The maximum Gasteiger partial charge on any atom is 0.230 e. The van der Waals surface area contributed by atoms with Crippen LogP contribution in [-0.4, -0.2) is 32.6 Å². The number of benzene rings is 1. The third-order valence-electron chi connectivity index (χ3n) is 2.61. The Labute approximate surface area is 112 Å². The van der Waals surface area contributed by atoms with Gasteiger partial charge in [-0.1, -0.05) is 0 Å². The number of aromatic nitrogens is 2. The third kappa shape index (κ3) is 2.84. The first-order valence-corrected chi connectivity index (χ1v) is 5.63. The fourth-order valence-corrected chi connectivity index (χ4v) is 1.50. The highest BCUT2D eigenvalue weighted by Gasteiger charge is 2.15. The summed E-state index contributed by atoms with van der Waals surface area (Å²) in [7, 11) is 0. The fraction of sp³-hybridized carbons (Fsp3) is 0.154. The van der Waals surface area contributed by atoms with Gasteiger partial charge in [-0.3, -0.25) is 4.79 Å². The molecule has 104 valence electrons. The highest BCUT2D eigenvalue weighted by molar-refractivity contribution is 6.06. The van der Waals surface area contributed by atoms with Crippen LogP contribution in [0.5, 0.6) is 0 Å². The number of carbonyl (C=O) groups is 1. The minimum absolute atomic E-state index is 0.0839. The van der Waals surface area contributed by atoms with Crippen LogP contribution in [0.4, 0.5) is 8.78 Å². The van der Waals surface area contributed by atoms with E-state index < -0.39 is 30.1 Å². The number of hydrogen-bond acceptors (Lipinski definition) is 5. The van der Waals surface area contributed by atoms with Crippen LogP contribution in [0, 0.1) is 11.6 Å². The quantitative estimate of drug-likeness (QED) is 0.817. The zero-order valence-corrected chi connectivity index (χ0v) is 10.1. The number of ketones is 1. The molecule has 0 saturated carbocycles. The number of rotatable bonds is 4. The molecule has 2 N–H and O–H groups in total. The SMILES string of the molecule is O=C(c1ccc(F)c(F)c1)c1ncc(C(O)CO)cn1. The first-order chi connectivity index (χ1) is 9.52. The van der Waals surface area contributed by atoms with Crippen LogP contribution in [0.1, 0.15) is 27.8 Å². The predicted octanol–water partition coefficient (Wildman–Crippen LogP) is 1.01. The van der Waals surface area contributed by atoms with E-state index in [2.05, 4.69) is 9.97 Å². The summed E-state index contributed by atoms with van der Waals surface area (Å²) in [6.07, 6.45) is 1.23. The molecule has 0 saturated heterocycles. The monoisotopic (exact) mass is 280 g/mol. The highest BCUT2D eigenvalue weighted by Crippen LogP contribution is 2.13. The van der Waals surface area contributed by atoms with Crippen LogP contribution in [0.2, 0.25) is 0 Å². The number of nitrogens with zero attached hydrogens (tertiary/aromatic N) is 2. The van der Waals surface area contributed by atoms with Gasteiger partial charge < -0.3 is 10.2 Å². The minimum Gasteiger partial charge on any atom is -0.393 e. The van der Waals surface area contributed by atoms with Crippen molar-refractivity contribution < 1.29 is 23.8 Å². The van der Waals surface area contributed by atoms with Crippen LogP contribution < -0.4 is 0 Å². The lowest BCUT2D eigenvalue weighted by Crippen LogP contribution is -2.10. The maximum atomic E-state index is 13.0. The molecule has 1 unspecified atom stereocenters. The zero-order chi connectivity index (χ0) is 14.7. The topological polar surface area (TPSA) is 83.3 Å². The van der Waals surface area contributed by atoms with Gasteiger partial charge in [0.25, 0.3) is 0 Å². The Balaban J connectivity index is 2.27. The van der Waals surface area contributed by atoms with Crippen molar-refractivity contribution in [2.45, 2.75) is 6.10 Å². The summed E-state index contributed by atoms with van der Waals surface area (Å²) < 4.78 is 25.8. The summed E-state index contributed by atoms with van der Waals surface area (Å²) in [5, 5.41) is 18.1. The number of aliphatic hydroxyl groups is 2. The van der Waals surface area contributed by atoms with E-state index in [0.717, 1.165) is 18.2 Å². The molecule has 0 radical (unpaired) electrons. The summed E-state index contributed by atoms with van der Waals surface area (Å²) in [5.41, 5.74) is 0.161. The molecule has 0 aliphatic heterocycles. The van der Waals surface area contributed by atoms with Crippen molar-refractivity contribution in [2.24, 2.45) is 0 Å². The minimum atomic E-state index is -1.14. The molecule has 2 rings (SSSR count). The molecule has 1 atom stereocenters. The maximum absolute atomic E-state index is 13.0. The van der Waals surface area contributed by atoms with Gasteiger partial charge in [0.05, 0.1) is 6.61 Å². The van der Waals surface area contributed by atoms with Crippen molar-refractivity contribution in [2.75, 3.05) is 6.61 Å². The molecule has 0 aliphatic carbocycles. The van der Waals surface area contributed by atoms with Gasteiger partial charge in [0.1, 0.15) is 6.10 Å². The first kappa shape index (κ1) is 14.2. The van der Waals surface area contributed by atoms with E-state index in [0.29, 0.717) is 0 Å². The Hall–Kier alpha value is -2.25. The number of halogens is 2. The largest absolute Gasteiger partial charge is 0.393 e. The van der Waals surface area contributed by atoms with Crippen LogP contribution in [0.15, 0.2) is 30.6 Å². The summed E-state index contributed by atoms with van der Waals surface area (Å²) in [6.45, 7) is -0.500. The van der Waals surface area contributed by atoms with E-state index in [9.17, 15) is 18.7 Å². The van der Waals surface area contributed by atoms with E-state index in [1.54, 1.807) is 0 Å². The molecule has 0 bridgehead atoms. The molecule has 0 aliphatic rings. The molecule has 20 heavy (non-hydrogen) atoms. The molecule has 7 heteroatoms. The predicted molar refractivity (Wildman–Crippen MR) is 63.9 cm³/mol. The van der Waals surface area contributed by atoms with Gasteiger partial charge in [0.2, 0.25) is 11.6 Å². The average Bonchev–Trinajstić information content (AvgIpc) is 2.48. The Morgan fingerprint density at radius 2 is 1.85 bits per heavy atom. The lowest BCUT2D eigenvalue weighted by molar-refractivity contribution is 0.0946. The van der Waals surface area contributed by atoms with Crippen LogP contribution in [0.3, 0.4) is 0 Å². The molecule has 2 aromatic rings. The lowest BCUT2D eigenvalue weighted by Gasteiger charge is -2.06. The van der Waals surface area contributed by atoms with Crippen LogP contribution >= 0.6 is 0 Å². The van der Waals surface area contributed by atoms with E-state index in [4.69, 9.17) is 5.11 Å². The van der Waals surface area contributed by atoms with Gasteiger partial charge in [-0.15, -0.1) is 0 Å². The van der Waals surface area contributed by atoms with Crippen LogP contribution in [0.25, 0.3) is 0 Å². The average molecular weight is 280 g/mol. The van der Waals surface area contributed by atoms with Gasteiger partial charge in [-0.25, -0.2) is 18.7 Å². The molecule has 0 fully saturated rings. The molecule has 5 nitrogen and oxygen atoms in total. The lowest BCUT2D eigenvalue weighted by atomic mass is 10.1. The molecule has 1 aromatic carbocycles. The van der Waals surface area contributed by atoms with Gasteiger partial charge in [0, 0.05) is 23.5 Å². The van der Waals surface area contributed by atoms with Gasteiger partial charge in [-0.05, 0) is 18.2 Å². The molecule has 1 heterocycles. The van der Waals surface area contributed by atoms with Crippen LogP contribution in [-0.2, 0) is 0 Å². The molecule has 1 aromatic heterocycles. The second-order valence-corrected chi connectivity index (χ2v) is 4.00. The van der Waals surface area contributed by atoms with Crippen molar-refractivity contribution in [3.05, 3.63) is 59.2 Å². The van der Waals surface area contributed by atoms with Crippen molar-refractivity contribution in [3.63, 3.8) is 0 Å². The van der Waals surface area contributed by atoms with Crippen molar-refractivity contribution in [1.82, 2.24) is 9.97 Å². The highest BCUT2D eigenvalue weighted by atomic mass is 19.2. The molecular weight excluding hydrogens is 270 g/mol. The summed E-state index contributed by atoms with van der Waals surface area (Å²) in [6, 6.07) is 2.73. The molecular formula is C13H10F2N2O3. The molecule has 0 amide bonds. The number of aliphatic hydroxyl groups excluding tert-OH is 2.